The van der Waals surface area contributed by atoms with Gasteiger partial charge in [-0.15, -0.1) is 0 Å². The van der Waals surface area contributed by atoms with Crippen molar-refractivity contribution in [3.63, 3.8) is 0 Å². The number of rotatable bonds is 3. The molecule has 0 aromatic carbocycles. The average molecular weight is 279 g/mol. The molecule has 1 aromatic heterocycles. The van der Waals surface area contributed by atoms with E-state index in [1.165, 1.54) is 6.20 Å². The third-order valence-electron chi connectivity index (χ3n) is 4.39. The Hall–Kier alpha value is -1.85. The van der Waals surface area contributed by atoms with Gasteiger partial charge in [-0.2, -0.15) is 5.10 Å². The van der Waals surface area contributed by atoms with Crippen molar-refractivity contribution in [1.29, 1.82) is 0 Å². The maximum atomic E-state index is 12.4. The second-order valence-corrected chi connectivity index (χ2v) is 5.78. The summed E-state index contributed by atoms with van der Waals surface area (Å²) in [7, 11) is 1.77. The number of nitrogens with zero attached hydrogens (tertiary/aromatic N) is 2. The van der Waals surface area contributed by atoms with Gasteiger partial charge in [0.25, 0.3) is 5.91 Å². The molecule has 110 valence electrons. The Morgan fingerprint density at radius 2 is 2.20 bits per heavy atom. The number of aromatic nitrogens is 2. The summed E-state index contributed by atoms with van der Waals surface area (Å²) in [4.78, 5) is 23.8. The number of carboxylic acid groups (broad SMARTS) is 1. The first-order valence-electron chi connectivity index (χ1n) is 6.89. The number of amides is 1. The van der Waals surface area contributed by atoms with Crippen molar-refractivity contribution in [2.75, 3.05) is 0 Å². The van der Waals surface area contributed by atoms with Crippen molar-refractivity contribution >= 4 is 11.9 Å². The molecule has 2 atom stereocenters. The van der Waals surface area contributed by atoms with Crippen LogP contribution in [-0.2, 0) is 11.8 Å². The van der Waals surface area contributed by atoms with Crippen LogP contribution in [-0.4, -0.2) is 32.3 Å². The molecule has 1 saturated carbocycles. The topological polar surface area (TPSA) is 84.2 Å². The molecule has 0 aliphatic heterocycles. The summed E-state index contributed by atoms with van der Waals surface area (Å²) in [6.45, 7) is 3.65. The number of hydrogen-bond acceptors (Lipinski definition) is 3. The highest BCUT2D eigenvalue weighted by Crippen LogP contribution is 2.34. The van der Waals surface area contributed by atoms with Gasteiger partial charge in [-0.25, -0.2) is 0 Å². The molecule has 1 amide bonds. The van der Waals surface area contributed by atoms with Gasteiger partial charge in [0.2, 0.25) is 0 Å². The molecular formula is C14H21N3O3. The number of carbonyl (C=O) groups is 2. The van der Waals surface area contributed by atoms with Crippen LogP contribution >= 0.6 is 0 Å². The second-order valence-electron chi connectivity index (χ2n) is 5.78. The maximum Gasteiger partial charge on any atom is 0.308 e. The van der Waals surface area contributed by atoms with E-state index in [0.29, 0.717) is 18.4 Å². The quantitative estimate of drug-likeness (QED) is 0.878. The summed E-state index contributed by atoms with van der Waals surface area (Å²) in [6, 6.07) is 0. The van der Waals surface area contributed by atoms with E-state index < -0.39 is 17.4 Å². The van der Waals surface area contributed by atoms with Gasteiger partial charge in [-0.1, -0.05) is 12.8 Å². The van der Waals surface area contributed by atoms with Crippen molar-refractivity contribution < 1.29 is 14.7 Å². The number of carboxylic acids is 1. The van der Waals surface area contributed by atoms with Crippen LogP contribution in [0.25, 0.3) is 0 Å². The SMILES string of the molecule is Cc1c(C(=O)NC2(C)CCCCC2C(=O)O)cnn1C. The summed E-state index contributed by atoms with van der Waals surface area (Å²) in [5.41, 5.74) is 0.584. The molecule has 1 heterocycles. The van der Waals surface area contributed by atoms with Crippen molar-refractivity contribution in [3.8, 4) is 0 Å². The number of nitrogens with one attached hydrogen (secondary N) is 1. The Bertz CT molecular complexity index is 538. The van der Waals surface area contributed by atoms with Crippen LogP contribution in [0.5, 0.6) is 0 Å². The lowest BCUT2D eigenvalue weighted by Crippen LogP contribution is -2.55. The van der Waals surface area contributed by atoms with E-state index in [2.05, 4.69) is 10.4 Å². The minimum Gasteiger partial charge on any atom is -0.481 e. The molecule has 0 spiro atoms. The van der Waals surface area contributed by atoms with Crippen LogP contribution in [0.4, 0.5) is 0 Å². The summed E-state index contributed by atoms with van der Waals surface area (Å²) in [5, 5.41) is 16.3. The second kappa shape index (κ2) is 5.26. The zero-order valence-electron chi connectivity index (χ0n) is 12.1. The van der Waals surface area contributed by atoms with Crippen molar-refractivity contribution in [3.05, 3.63) is 17.5 Å². The van der Waals surface area contributed by atoms with Crippen molar-refractivity contribution in [2.45, 2.75) is 45.1 Å². The third kappa shape index (κ3) is 2.55. The Balaban J connectivity index is 2.20. The van der Waals surface area contributed by atoms with Gasteiger partial charge < -0.3 is 10.4 Å². The van der Waals surface area contributed by atoms with Gasteiger partial charge in [0, 0.05) is 12.7 Å². The first-order valence-corrected chi connectivity index (χ1v) is 6.89. The zero-order chi connectivity index (χ0) is 14.9. The predicted molar refractivity (Wildman–Crippen MR) is 73.4 cm³/mol. The molecule has 0 radical (unpaired) electrons. The van der Waals surface area contributed by atoms with Crippen LogP contribution in [0.2, 0.25) is 0 Å². The lowest BCUT2D eigenvalue weighted by atomic mass is 9.73. The highest BCUT2D eigenvalue weighted by Gasteiger charge is 2.42. The molecule has 1 aliphatic carbocycles. The molecular weight excluding hydrogens is 258 g/mol. The molecule has 1 fully saturated rings. The Labute approximate surface area is 118 Å². The van der Waals surface area contributed by atoms with E-state index in [0.717, 1.165) is 18.5 Å². The third-order valence-corrected chi connectivity index (χ3v) is 4.39. The Morgan fingerprint density at radius 1 is 1.50 bits per heavy atom. The monoisotopic (exact) mass is 279 g/mol. The van der Waals surface area contributed by atoms with Crippen molar-refractivity contribution in [1.82, 2.24) is 15.1 Å². The van der Waals surface area contributed by atoms with Crippen molar-refractivity contribution in [2.24, 2.45) is 13.0 Å². The highest BCUT2D eigenvalue weighted by molar-refractivity contribution is 5.95. The normalized spacial score (nSPS) is 26.2. The summed E-state index contributed by atoms with van der Waals surface area (Å²) >= 11 is 0. The molecule has 0 saturated heterocycles. The molecule has 2 rings (SSSR count). The van der Waals surface area contributed by atoms with Gasteiger partial charge in [0.05, 0.1) is 23.2 Å². The standard InChI is InChI=1S/C14H21N3O3/c1-9-10(8-15-17(9)3)12(18)16-14(2)7-5-4-6-11(14)13(19)20/h8,11H,4-7H2,1-3H3,(H,16,18)(H,19,20). The Morgan fingerprint density at radius 3 is 2.75 bits per heavy atom. The van der Waals surface area contributed by atoms with Gasteiger partial charge in [-0.05, 0) is 26.7 Å². The van der Waals surface area contributed by atoms with Crippen LogP contribution in [0.1, 0.15) is 48.7 Å². The molecule has 20 heavy (non-hydrogen) atoms. The summed E-state index contributed by atoms with van der Waals surface area (Å²) in [6.07, 6.45) is 4.65. The summed E-state index contributed by atoms with van der Waals surface area (Å²) in [5.74, 6) is -1.61. The van der Waals surface area contributed by atoms with E-state index in [1.807, 2.05) is 13.8 Å². The number of hydrogen-bond donors (Lipinski definition) is 2. The lowest BCUT2D eigenvalue weighted by molar-refractivity contribution is -0.145. The van der Waals surface area contributed by atoms with Crippen LogP contribution in [0.15, 0.2) is 6.20 Å². The van der Waals surface area contributed by atoms with E-state index in [1.54, 1.807) is 11.7 Å². The lowest BCUT2D eigenvalue weighted by Gasteiger charge is -2.39. The first kappa shape index (κ1) is 14.6. The first-order chi connectivity index (χ1) is 9.35. The molecule has 2 unspecified atom stereocenters. The maximum absolute atomic E-state index is 12.4. The van der Waals surface area contributed by atoms with Crippen LogP contribution in [0, 0.1) is 12.8 Å². The van der Waals surface area contributed by atoms with Crippen LogP contribution < -0.4 is 5.32 Å². The highest BCUT2D eigenvalue weighted by atomic mass is 16.4. The largest absolute Gasteiger partial charge is 0.481 e. The fourth-order valence-electron chi connectivity index (χ4n) is 2.93. The fraction of sp³-hybridized carbons (Fsp3) is 0.643. The number of carbonyl (C=O) groups excluding carboxylic acids is 1. The molecule has 6 nitrogen and oxygen atoms in total. The average Bonchev–Trinajstić information content (AvgIpc) is 2.69. The molecule has 2 N–H and O–H groups in total. The molecule has 1 aromatic rings. The molecule has 6 heteroatoms. The number of aliphatic carboxylic acids is 1. The Kier molecular flexibility index (Phi) is 3.83. The molecule has 1 aliphatic rings. The van der Waals surface area contributed by atoms with E-state index >= 15 is 0 Å². The van der Waals surface area contributed by atoms with E-state index in [9.17, 15) is 14.7 Å². The predicted octanol–water partition coefficient (Wildman–Crippen LogP) is 1.49. The smallest absolute Gasteiger partial charge is 0.308 e. The van der Waals surface area contributed by atoms with Gasteiger partial charge in [-0.3, -0.25) is 14.3 Å². The number of aryl methyl sites for hydroxylation is 1. The zero-order valence-corrected chi connectivity index (χ0v) is 12.1. The van der Waals surface area contributed by atoms with Gasteiger partial charge in [0.1, 0.15) is 0 Å². The van der Waals surface area contributed by atoms with E-state index in [4.69, 9.17) is 0 Å². The van der Waals surface area contributed by atoms with Gasteiger partial charge in [0.15, 0.2) is 0 Å². The summed E-state index contributed by atoms with van der Waals surface area (Å²) < 4.78 is 1.63. The molecule has 0 bridgehead atoms. The minimum atomic E-state index is -0.838. The fourth-order valence-corrected chi connectivity index (χ4v) is 2.93. The van der Waals surface area contributed by atoms with Crippen LogP contribution in [0.3, 0.4) is 0 Å². The van der Waals surface area contributed by atoms with E-state index in [-0.39, 0.29) is 5.91 Å². The minimum absolute atomic E-state index is 0.244. The van der Waals surface area contributed by atoms with Gasteiger partial charge >= 0.3 is 5.97 Å².